The third-order valence-corrected chi connectivity index (χ3v) is 2.21. The molecule has 0 fully saturated rings. The number of hydrogen-bond donors (Lipinski definition) is 1. The summed E-state index contributed by atoms with van der Waals surface area (Å²) in [4.78, 5) is 0. The summed E-state index contributed by atoms with van der Waals surface area (Å²) in [5, 5.41) is 12.4. The quantitative estimate of drug-likeness (QED) is 0.746. The van der Waals surface area contributed by atoms with E-state index in [9.17, 15) is 0 Å². The van der Waals surface area contributed by atoms with Crippen LogP contribution in [0.3, 0.4) is 0 Å². The topological polar surface area (TPSA) is 69.6 Å². The maximum absolute atomic E-state index is 5.69. The average Bonchev–Trinajstić information content (AvgIpc) is 2.61. The second-order valence-electron chi connectivity index (χ2n) is 2.03. The van der Waals surface area contributed by atoms with E-state index < -0.39 is 0 Å². The highest BCUT2D eigenvalue weighted by molar-refractivity contribution is 7.11. The molecular weight excluding hydrogens is 198 g/mol. The zero-order valence-electron chi connectivity index (χ0n) is 5.81. The molecule has 0 radical (unpaired) electrons. The van der Waals surface area contributed by atoms with E-state index in [0.717, 1.165) is 0 Å². The van der Waals surface area contributed by atoms with Gasteiger partial charge in [-0.1, -0.05) is 22.9 Å². The van der Waals surface area contributed by atoms with Crippen LogP contribution in [0.4, 0.5) is 5.82 Å². The first-order valence-corrected chi connectivity index (χ1v) is 4.30. The minimum Gasteiger partial charge on any atom is -0.381 e. The average molecular weight is 202 g/mol. The van der Waals surface area contributed by atoms with Gasteiger partial charge in [-0.25, -0.2) is 4.68 Å². The molecule has 0 aliphatic heterocycles. The lowest BCUT2D eigenvalue weighted by Gasteiger charge is -1.88. The molecule has 5 nitrogen and oxygen atoms in total. The highest BCUT2D eigenvalue weighted by atomic mass is 35.5. The molecule has 7 heteroatoms. The van der Waals surface area contributed by atoms with E-state index in [4.69, 9.17) is 17.3 Å². The van der Waals surface area contributed by atoms with Gasteiger partial charge in [-0.3, -0.25) is 0 Å². The van der Waals surface area contributed by atoms with Crippen LogP contribution in [0.25, 0.3) is 5.13 Å². The van der Waals surface area contributed by atoms with Gasteiger partial charge in [0.1, 0.15) is 10.5 Å². The second kappa shape index (κ2) is 2.72. The van der Waals surface area contributed by atoms with Gasteiger partial charge in [0.2, 0.25) is 5.13 Å². The molecule has 0 saturated heterocycles. The fourth-order valence-corrected chi connectivity index (χ4v) is 1.35. The summed E-state index contributed by atoms with van der Waals surface area (Å²) in [6.45, 7) is 0. The van der Waals surface area contributed by atoms with Crippen LogP contribution in [0, 0.1) is 0 Å². The monoisotopic (exact) mass is 201 g/mol. The van der Waals surface area contributed by atoms with Crippen LogP contribution in [0.2, 0.25) is 5.02 Å². The summed E-state index contributed by atoms with van der Waals surface area (Å²) >= 11 is 7.06. The fourth-order valence-electron chi connectivity index (χ4n) is 0.731. The Morgan fingerprint density at radius 3 is 2.92 bits per heavy atom. The van der Waals surface area contributed by atoms with E-state index in [1.807, 2.05) is 0 Å². The predicted molar refractivity (Wildman–Crippen MR) is 46.5 cm³/mol. The highest BCUT2D eigenvalue weighted by Gasteiger charge is 2.05. The minimum absolute atomic E-state index is 0.298. The zero-order valence-corrected chi connectivity index (χ0v) is 7.38. The van der Waals surface area contributed by atoms with E-state index in [-0.39, 0.29) is 0 Å². The van der Waals surface area contributed by atoms with Gasteiger partial charge in [0.25, 0.3) is 0 Å². The van der Waals surface area contributed by atoms with Crippen molar-refractivity contribution in [2.45, 2.75) is 0 Å². The Balaban J connectivity index is 2.48. The summed E-state index contributed by atoms with van der Waals surface area (Å²) in [6, 6.07) is 0. The molecule has 0 aromatic carbocycles. The number of rotatable bonds is 1. The smallest absolute Gasteiger partial charge is 0.232 e. The Labute approximate surface area is 76.8 Å². The third kappa shape index (κ3) is 1.15. The van der Waals surface area contributed by atoms with Crippen molar-refractivity contribution in [1.82, 2.24) is 20.0 Å². The SMILES string of the molecule is Nc1nn(-c2nncs2)cc1Cl. The maximum Gasteiger partial charge on any atom is 0.232 e. The molecule has 2 aromatic heterocycles. The van der Waals surface area contributed by atoms with Crippen molar-refractivity contribution in [1.29, 1.82) is 0 Å². The molecular formula is C5H4ClN5S. The normalized spacial score (nSPS) is 10.4. The first-order chi connectivity index (χ1) is 5.77. The van der Waals surface area contributed by atoms with Gasteiger partial charge in [0, 0.05) is 0 Å². The Bertz CT molecular complexity index is 361. The Kier molecular flexibility index (Phi) is 1.70. The minimum atomic E-state index is 0.298. The van der Waals surface area contributed by atoms with Gasteiger partial charge < -0.3 is 5.73 Å². The number of halogens is 1. The number of aromatic nitrogens is 4. The number of hydrogen-bond acceptors (Lipinski definition) is 5. The summed E-state index contributed by atoms with van der Waals surface area (Å²) in [7, 11) is 0. The molecule has 2 N–H and O–H groups in total. The molecule has 62 valence electrons. The fraction of sp³-hybridized carbons (Fsp3) is 0. The third-order valence-electron chi connectivity index (χ3n) is 1.24. The van der Waals surface area contributed by atoms with Crippen LogP contribution in [0.15, 0.2) is 11.7 Å². The van der Waals surface area contributed by atoms with Crippen molar-refractivity contribution in [3.63, 3.8) is 0 Å². The molecule has 0 unspecified atom stereocenters. The van der Waals surface area contributed by atoms with E-state index in [1.54, 1.807) is 11.7 Å². The largest absolute Gasteiger partial charge is 0.381 e. The van der Waals surface area contributed by atoms with E-state index in [0.29, 0.717) is 16.0 Å². The lowest BCUT2D eigenvalue weighted by Crippen LogP contribution is -1.95. The van der Waals surface area contributed by atoms with Crippen LogP contribution in [-0.2, 0) is 0 Å². The van der Waals surface area contributed by atoms with Gasteiger partial charge in [-0.2, -0.15) is 0 Å². The van der Waals surface area contributed by atoms with Gasteiger partial charge >= 0.3 is 0 Å². The molecule has 2 heterocycles. The summed E-state index contributed by atoms with van der Waals surface area (Å²) in [5.74, 6) is 0.298. The van der Waals surface area contributed by atoms with E-state index >= 15 is 0 Å². The molecule has 12 heavy (non-hydrogen) atoms. The van der Waals surface area contributed by atoms with Crippen LogP contribution in [0.5, 0.6) is 0 Å². The van der Waals surface area contributed by atoms with Gasteiger partial charge in [-0.15, -0.1) is 15.3 Å². The zero-order chi connectivity index (χ0) is 8.55. The molecule has 0 bridgehead atoms. The number of nitrogen functional groups attached to an aromatic ring is 1. The van der Waals surface area contributed by atoms with Crippen molar-refractivity contribution in [2.75, 3.05) is 5.73 Å². The van der Waals surface area contributed by atoms with Crippen molar-refractivity contribution < 1.29 is 0 Å². The van der Waals surface area contributed by atoms with Crippen LogP contribution >= 0.6 is 22.9 Å². The maximum atomic E-state index is 5.69. The van der Waals surface area contributed by atoms with Crippen molar-refractivity contribution in [2.24, 2.45) is 0 Å². The summed E-state index contributed by atoms with van der Waals surface area (Å²) in [5.41, 5.74) is 7.05. The van der Waals surface area contributed by atoms with Gasteiger partial charge in [0.05, 0.1) is 6.20 Å². The molecule has 2 aromatic rings. The van der Waals surface area contributed by atoms with Crippen molar-refractivity contribution in [3.8, 4) is 5.13 Å². The molecule has 0 aliphatic carbocycles. The van der Waals surface area contributed by atoms with Gasteiger partial charge in [-0.05, 0) is 0 Å². The van der Waals surface area contributed by atoms with Crippen LogP contribution in [0.1, 0.15) is 0 Å². The molecule has 2 rings (SSSR count). The van der Waals surface area contributed by atoms with E-state index in [2.05, 4.69) is 15.3 Å². The number of nitrogens with two attached hydrogens (primary N) is 1. The first-order valence-electron chi connectivity index (χ1n) is 3.04. The second-order valence-corrected chi connectivity index (χ2v) is 3.25. The van der Waals surface area contributed by atoms with Crippen LogP contribution < -0.4 is 5.73 Å². The van der Waals surface area contributed by atoms with E-state index in [1.165, 1.54) is 16.0 Å². The van der Waals surface area contributed by atoms with Gasteiger partial charge in [0.15, 0.2) is 5.82 Å². The molecule has 0 saturated carbocycles. The lowest BCUT2D eigenvalue weighted by molar-refractivity contribution is 0.851. The Morgan fingerprint density at radius 1 is 1.58 bits per heavy atom. The highest BCUT2D eigenvalue weighted by Crippen LogP contribution is 2.18. The molecule has 0 aliphatic rings. The lowest BCUT2D eigenvalue weighted by atomic mass is 10.7. The van der Waals surface area contributed by atoms with Crippen LogP contribution in [-0.4, -0.2) is 20.0 Å². The Morgan fingerprint density at radius 2 is 2.42 bits per heavy atom. The number of nitrogens with zero attached hydrogens (tertiary/aromatic N) is 4. The predicted octanol–water partition coefficient (Wildman–Crippen LogP) is 0.959. The standard InChI is InChI=1S/C5H4ClN5S/c6-3-1-11(10-4(3)7)5-9-8-2-12-5/h1-2H,(H2,7,10). The Hall–Kier alpha value is -1.14. The molecule has 0 amide bonds. The molecule has 0 spiro atoms. The van der Waals surface area contributed by atoms with Crippen molar-refractivity contribution in [3.05, 3.63) is 16.7 Å². The number of anilines is 1. The van der Waals surface area contributed by atoms with Crippen molar-refractivity contribution >= 4 is 28.8 Å². The molecule has 0 atom stereocenters. The summed E-state index contributed by atoms with van der Waals surface area (Å²) < 4.78 is 1.50. The summed E-state index contributed by atoms with van der Waals surface area (Å²) in [6.07, 6.45) is 1.59. The first kappa shape index (κ1) is 7.51.